The van der Waals surface area contributed by atoms with Crippen molar-refractivity contribution in [2.45, 2.75) is 45.6 Å². The number of fused-ring (bicyclic) bond motifs is 1. The number of nitrogens with one attached hydrogen (secondary N) is 1. The number of nitrogens with zero attached hydrogens (tertiary/aromatic N) is 5. The predicted molar refractivity (Wildman–Crippen MR) is 138 cm³/mol. The number of benzene rings is 2. The standard InChI is InChI=1S/C28H32N6O/c1-20-7-6-10-24(19-20)27-31-30-25-13-14-26(32-34(25)27)33-17-15-23(16-18-33)28(35)29-21(2)11-12-22-8-4-3-5-9-22/h3-10,13-14,19,21,23H,11-12,15-18H2,1-2H3,(H,29,35). The van der Waals surface area contributed by atoms with Gasteiger partial charge in [-0.25, -0.2) is 0 Å². The molecule has 5 rings (SSSR count). The molecule has 4 aromatic rings. The summed E-state index contributed by atoms with van der Waals surface area (Å²) in [6.45, 7) is 5.77. The molecule has 1 saturated heterocycles. The van der Waals surface area contributed by atoms with Crippen molar-refractivity contribution in [3.8, 4) is 11.4 Å². The lowest BCUT2D eigenvalue weighted by Gasteiger charge is -2.32. The lowest BCUT2D eigenvalue weighted by molar-refractivity contribution is -0.126. The number of aromatic nitrogens is 4. The highest BCUT2D eigenvalue weighted by Crippen LogP contribution is 2.24. The summed E-state index contributed by atoms with van der Waals surface area (Å²) in [5, 5.41) is 16.7. The topological polar surface area (TPSA) is 75.4 Å². The quantitative estimate of drug-likeness (QED) is 0.434. The number of carbonyl (C=O) groups excluding carboxylic acids is 1. The molecule has 2 aromatic carbocycles. The summed E-state index contributed by atoms with van der Waals surface area (Å²) in [4.78, 5) is 15.1. The molecule has 3 heterocycles. The van der Waals surface area contributed by atoms with Crippen LogP contribution in [0.3, 0.4) is 0 Å². The number of rotatable bonds is 7. The van der Waals surface area contributed by atoms with Crippen LogP contribution >= 0.6 is 0 Å². The molecular weight excluding hydrogens is 436 g/mol. The van der Waals surface area contributed by atoms with Crippen LogP contribution in [0.25, 0.3) is 17.0 Å². The van der Waals surface area contributed by atoms with E-state index in [2.05, 4.69) is 70.7 Å². The van der Waals surface area contributed by atoms with Crippen molar-refractivity contribution in [3.63, 3.8) is 0 Å². The molecular formula is C28H32N6O. The molecule has 2 aromatic heterocycles. The van der Waals surface area contributed by atoms with E-state index in [-0.39, 0.29) is 17.9 Å². The zero-order chi connectivity index (χ0) is 24.2. The number of carbonyl (C=O) groups is 1. The van der Waals surface area contributed by atoms with Gasteiger partial charge in [-0.2, -0.15) is 4.52 Å². The van der Waals surface area contributed by atoms with Gasteiger partial charge in [-0.15, -0.1) is 15.3 Å². The Labute approximate surface area is 206 Å². The highest BCUT2D eigenvalue weighted by Gasteiger charge is 2.26. The van der Waals surface area contributed by atoms with Gasteiger partial charge in [0.05, 0.1) is 0 Å². The second-order valence-corrected chi connectivity index (χ2v) is 9.55. The minimum Gasteiger partial charge on any atom is -0.355 e. The minimum atomic E-state index is 0.0481. The lowest BCUT2D eigenvalue weighted by Crippen LogP contribution is -2.43. The Hall–Kier alpha value is -3.74. The van der Waals surface area contributed by atoms with E-state index in [4.69, 9.17) is 5.10 Å². The smallest absolute Gasteiger partial charge is 0.223 e. The fourth-order valence-electron chi connectivity index (χ4n) is 4.74. The Morgan fingerprint density at radius 1 is 1.03 bits per heavy atom. The first-order valence-corrected chi connectivity index (χ1v) is 12.5. The predicted octanol–water partition coefficient (Wildman–Crippen LogP) is 4.45. The first-order chi connectivity index (χ1) is 17.1. The number of hydrogen-bond acceptors (Lipinski definition) is 5. The third-order valence-electron chi connectivity index (χ3n) is 6.81. The number of amides is 1. The van der Waals surface area contributed by atoms with E-state index in [0.29, 0.717) is 0 Å². The van der Waals surface area contributed by atoms with Crippen LogP contribution < -0.4 is 10.2 Å². The maximum atomic E-state index is 12.9. The van der Waals surface area contributed by atoms with E-state index < -0.39 is 0 Å². The van der Waals surface area contributed by atoms with E-state index >= 15 is 0 Å². The molecule has 0 radical (unpaired) electrons. The molecule has 1 fully saturated rings. The molecule has 1 aliphatic heterocycles. The van der Waals surface area contributed by atoms with Crippen LogP contribution in [-0.2, 0) is 11.2 Å². The third kappa shape index (κ3) is 5.34. The Balaban J connectivity index is 1.19. The molecule has 0 bridgehead atoms. The average Bonchev–Trinajstić information content (AvgIpc) is 3.31. The summed E-state index contributed by atoms with van der Waals surface area (Å²) in [7, 11) is 0. The number of aryl methyl sites for hydroxylation is 2. The van der Waals surface area contributed by atoms with Crippen LogP contribution in [0.15, 0.2) is 66.7 Å². The zero-order valence-electron chi connectivity index (χ0n) is 20.4. The summed E-state index contributed by atoms with van der Waals surface area (Å²) in [5.41, 5.74) is 4.21. The fraction of sp³-hybridized carbons (Fsp3) is 0.357. The summed E-state index contributed by atoms with van der Waals surface area (Å²) in [6.07, 6.45) is 3.57. The molecule has 0 saturated carbocycles. The van der Waals surface area contributed by atoms with Crippen LogP contribution in [0.5, 0.6) is 0 Å². The third-order valence-corrected chi connectivity index (χ3v) is 6.81. The molecule has 35 heavy (non-hydrogen) atoms. The van der Waals surface area contributed by atoms with Crippen LogP contribution in [0.4, 0.5) is 5.82 Å². The number of piperidine rings is 1. The van der Waals surface area contributed by atoms with Gasteiger partial charge >= 0.3 is 0 Å². The van der Waals surface area contributed by atoms with E-state index in [1.165, 1.54) is 11.1 Å². The summed E-state index contributed by atoms with van der Waals surface area (Å²) >= 11 is 0. The maximum Gasteiger partial charge on any atom is 0.223 e. The van der Waals surface area contributed by atoms with E-state index in [0.717, 1.165) is 61.6 Å². The van der Waals surface area contributed by atoms with Gasteiger partial charge < -0.3 is 10.2 Å². The van der Waals surface area contributed by atoms with Crippen LogP contribution in [0, 0.1) is 12.8 Å². The Bertz CT molecular complexity index is 1290. The van der Waals surface area contributed by atoms with Gasteiger partial charge in [0.1, 0.15) is 5.82 Å². The summed E-state index contributed by atoms with van der Waals surface area (Å²) in [6, 6.07) is 22.8. The molecule has 0 spiro atoms. The molecule has 7 nitrogen and oxygen atoms in total. The monoisotopic (exact) mass is 468 g/mol. The van der Waals surface area contributed by atoms with Crippen molar-refractivity contribution in [1.82, 2.24) is 25.1 Å². The van der Waals surface area contributed by atoms with Gasteiger partial charge in [0.25, 0.3) is 0 Å². The summed E-state index contributed by atoms with van der Waals surface area (Å²) < 4.78 is 1.82. The van der Waals surface area contributed by atoms with Gasteiger partial charge in [-0.3, -0.25) is 4.79 Å². The van der Waals surface area contributed by atoms with Gasteiger partial charge in [-0.05, 0) is 63.3 Å². The SMILES string of the molecule is Cc1cccc(-c2nnc3ccc(N4CCC(C(=O)NC(C)CCc5ccccc5)CC4)nn23)c1. The van der Waals surface area contributed by atoms with Crippen molar-refractivity contribution in [2.75, 3.05) is 18.0 Å². The molecule has 1 unspecified atom stereocenters. The van der Waals surface area contributed by atoms with Gasteiger partial charge in [-0.1, -0.05) is 54.1 Å². The highest BCUT2D eigenvalue weighted by molar-refractivity contribution is 5.79. The van der Waals surface area contributed by atoms with E-state index in [1.54, 1.807) is 0 Å². The second-order valence-electron chi connectivity index (χ2n) is 9.55. The zero-order valence-corrected chi connectivity index (χ0v) is 20.4. The number of hydrogen-bond donors (Lipinski definition) is 1. The lowest BCUT2D eigenvalue weighted by atomic mass is 9.95. The molecule has 1 atom stereocenters. The van der Waals surface area contributed by atoms with Gasteiger partial charge in [0.2, 0.25) is 5.91 Å². The van der Waals surface area contributed by atoms with Crippen molar-refractivity contribution in [2.24, 2.45) is 5.92 Å². The normalized spacial score (nSPS) is 15.3. The van der Waals surface area contributed by atoms with Crippen molar-refractivity contribution >= 4 is 17.4 Å². The van der Waals surface area contributed by atoms with Crippen molar-refractivity contribution in [3.05, 3.63) is 77.9 Å². The first-order valence-electron chi connectivity index (χ1n) is 12.5. The Kier molecular flexibility index (Phi) is 6.75. The largest absolute Gasteiger partial charge is 0.355 e. The average molecular weight is 469 g/mol. The molecule has 1 N–H and O–H groups in total. The first kappa shape index (κ1) is 23.0. The van der Waals surface area contributed by atoms with Crippen molar-refractivity contribution < 1.29 is 4.79 Å². The minimum absolute atomic E-state index is 0.0481. The van der Waals surface area contributed by atoms with Gasteiger partial charge in [0.15, 0.2) is 11.5 Å². The molecule has 7 heteroatoms. The van der Waals surface area contributed by atoms with Crippen LogP contribution in [0.2, 0.25) is 0 Å². The number of anilines is 1. The molecule has 1 aliphatic rings. The van der Waals surface area contributed by atoms with Crippen LogP contribution in [0.1, 0.15) is 37.3 Å². The maximum absolute atomic E-state index is 12.9. The highest BCUT2D eigenvalue weighted by atomic mass is 16.1. The second kappa shape index (κ2) is 10.3. The van der Waals surface area contributed by atoms with Crippen LogP contribution in [-0.4, -0.2) is 44.8 Å². The Morgan fingerprint density at radius 3 is 2.60 bits per heavy atom. The van der Waals surface area contributed by atoms with Gasteiger partial charge in [0, 0.05) is 30.6 Å². The van der Waals surface area contributed by atoms with Crippen molar-refractivity contribution in [1.29, 1.82) is 0 Å². The molecule has 1 amide bonds. The van der Waals surface area contributed by atoms with E-state index in [1.807, 2.05) is 34.8 Å². The summed E-state index contributed by atoms with van der Waals surface area (Å²) in [5.74, 6) is 1.85. The Morgan fingerprint density at radius 2 is 1.83 bits per heavy atom. The fourth-order valence-corrected chi connectivity index (χ4v) is 4.74. The molecule has 180 valence electrons. The van der Waals surface area contributed by atoms with E-state index in [9.17, 15) is 4.79 Å². The molecule has 0 aliphatic carbocycles.